The van der Waals surface area contributed by atoms with Gasteiger partial charge in [-0.05, 0) is 85.5 Å². The van der Waals surface area contributed by atoms with Crippen LogP contribution in [0.25, 0.3) is 77.2 Å². The summed E-state index contributed by atoms with van der Waals surface area (Å²) in [7, 11) is -2.94. The van der Waals surface area contributed by atoms with E-state index in [1.807, 2.05) is 0 Å². The van der Waals surface area contributed by atoms with Crippen molar-refractivity contribution in [1.29, 1.82) is 0 Å². The Kier molecular flexibility index (Phi) is 8.87. The molecule has 0 bridgehead atoms. The quantitative estimate of drug-likeness (QED) is 0.107. The minimum atomic E-state index is -2.94. The van der Waals surface area contributed by atoms with Gasteiger partial charge in [0.2, 0.25) is 0 Å². The number of hydrogen-bond donors (Lipinski definition) is 0. The van der Waals surface area contributed by atoms with Gasteiger partial charge in [-0.15, -0.1) is 0 Å². The fourth-order valence-electron chi connectivity index (χ4n) is 10.4. The minimum absolute atomic E-state index is 1.14. The topological polar surface area (TPSA) is 9.86 Å². The average molecular weight is 819 g/mol. The molecule has 296 valence electrons. The van der Waals surface area contributed by atoms with Crippen molar-refractivity contribution in [2.75, 3.05) is 0 Å². The van der Waals surface area contributed by atoms with Crippen molar-refractivity contribution in [3.63, 3.8) is 0 Å². The van der Waals surface area contributed by atoms with Crippen LogP contribution in [0.4, 0.5) is 0 Å². The third-order valence-corrected chi connectivity index (χ3v) is 17.9. The van der Waals surface area contributed by atoms with E-state index < -0.39 is 8.07 Å². The zero-order valence-corrected chi connectivity index (χ0v) is 35.6. The molecule has 0 N–H and O–H groups in total. The summed E-state index contributed by atoms with van der Waals surface area (Å²) in [5.41, 5.74) is 11.9. The number of hydrogen-bond acceptors (Lipinski definition) is 0. The average Bonchev–Trinajstić information content (AvgIpc) is 3.89. The van der Waals surface area contributed by atoms with Crippen LogP contribution in [0.2, 0.25) is 0 Å². The Morgan fingerprint density at radius 3 is 1.40 bits per heavy atom. The van der Waals surface area contributed by atoms with Gasteiger partial charge in [-0.3, -0.25) is 0 Å². The van der Waals surface area contributed by atoms with Gasteiger partial charge in [-0.25, -0.2) is 0 Å². The molecule has 2 aromatic heterocycles. The van der Waals surface area contributed by atoms with Crippen LogP contribution >= 0.6 is 0 Å². The lowest BCUT2D eigenvalue weighted by Gasteiger charge is -2.35. The maximum atomic E-state index is 2.57. The molecular weight excluding hydrogens is 777 g/mol. The monoisotopic (exact) mass is 818 g/mol. The summed E-state index contributed by atoms with van der Waals surface area (Å²) in [6, 6.07) is 94.3. The van der Waals surface area contributed by atoms with E-state index in [0.29, 0.717) is 0 Å². The van der Waals surface area contributed by atoms with Crippen LogP contribution in [0, 0.1) is 0 Å². The Bertz CT molecular complexity index is 3480. The molecule has 3 heteroatoms. The Balaban J connectivity index is 1.18. The fraction of sp³-hybridized carbons (Fsp3) is 0. The van der Waals surface area contributed by atoms with Gasteiger partial charge in [0, 0.05) is 32.9 Å². The number of benzene rings is 10. The molecule has 0 spiro atoms. The predicted molar refractivity (Wildman–Crippen MR) is 270 cm³/mol. The van der Waals surface area contributed by atoms with Gasteiger partial charge in [0.05, 0.1) is 22.1 Å². The molecule has 0 aliphatic carbocycles. The molecule has 0 aliphatic heterocycles. The van der Waals surface area contributed by atoms with Crippen LogP contribution < -0.4 is 20.7 Å². The fourth-order valence-corrected chi connectivity index (χ4v) is 15.3. The van der Waals surface area contributed by atoms with Gasteiger partial charge >= 0.3 is 0 Å². The maximum absolute atomic E-state index is 2.94. The highest BCUT2D eigenvalue weighted by molar-refractivity contribution is 7.20. The molecule has 0 atom stereocenters. The van der Waals surface area contributed by atoms with Crippen molar-refractivity contribution < 1.29 is 0 Å². The van der Waals surface area contributed by atoms with Crippen molar-refractivity contribution in [2.45, 2.75) is 0 Å². The van der Waals surface area contributed by atoms with Crippen LogP contribution in [0.1, 0.15) is 0 Å². The number of nitrogens with zero attached hydrogens (tertiary/aromatic N) is 2. The summed E-state index contributed by atoms with van der Waals surface area (Å²) < 4.78 is 5.02. The molecule has 10 aromatic carbocycles. The van der Waals surface area contributed by atoms with E-state index in [4.69, 9.17) is 0 Å². The second-order valence-corrected chi connectivity index (χ2v) is 20.2. The van der Waals surface area contributed by atoms with E-state index >= 15 is 0 Å². The molecule has 0 aliphatic rings. The van der Waals surface area contributed by atoms with Gasteiger partial charge in [-0.2, -0.15) is 0 Å². The smallest absolute Gasteiger partial charge is 0.181 e. The Morgan fingerprint density at radius 2 is 0.762 bits per heavy atom. The molecular formula is C60H42N2Si. The van der Waals surface area contributed by atoms with Gasteiger partial charge in [-0.1, -0.05) is 212 Å². The number of fused-ring (bicyclic) bond motifs is 6. The first-order chi connectivity index (χ1) is 31.3. The second kappa shape index (κ2) is 15.2. The summed E-state index contributed by atoms with van der Waals surface area (Å²) in [5.74, 6) is 0. The van der Waals surface area contributed by atoms with Crippen molar-refractivity contribution in [1.82, 2.24) is 9.13 Å². The number of para-hydroxylation sites is 2. The highest BCUT2D eigenvalue weighted by Crippen LogP contribution is 2.41. The van der Waals surface area contributed by atoms with Crippen LogP contribution in [-0.2, 0) is 0 Å². The molecule has 0 amide bonds. The van der Waals surface area contributed by atoms with Crippen LogP contribution in [-0.4, -0.2) is 17.2 Å². The maximum Gasteiger partial charge on any atom is 0.181 e. The van der Waals surface area contributed by atoms with E-state index in [1.165, 1.54) is 86.6 Å². The molecule has 63 heavy (non-hydrogen) atoms. The van der Waals surface area contributed by atoms with Crippen LogP contribution in [0.15, 0.2) is 255 Å². The molecule has 0 unspecified atom stereocenters. The minimum Gasteiger partial charge on any atom is -0.309 e. The molecule has 0 saturated carbocycles. The zero-order valence-electron chi connectivity index (χ0n) is 34.6. The lowest BCUT2D eigenvalue weighted by atomic mass is 9.99. The molecule has 12 rings (SSSR count). The summed E-state index contributed by atoms with van der Waals surface area (Å²) in [6.45, 7) is 0. The van der Waals surface area contributed by atoms with Crippen molar-refractivity contribution in [2.24, 2.45) is 0 Å². The second-order valence-electron chi connectivity index (χ2n) is 16.4. The number of rotatable bonds is 8. The SMILES string of the molecule is c1ccc(-c2ccc(-n3c4ccc(-n5c6ccccc6c6cccc([Si](c7ccccc7)(c7ccccc7)c7ccccc7)c65)cc4c4c(-c5ccccc5)cccc43)cc2)cc1. The predicted octanol–water partition coefficient (Wildman–Crippen LogP) is 12.6. The molecule has 2 nitrogen and oxygen atoms in total. The lowest BCUT2D eigenvalue weighted by molar-refractivity contribution is 1.17. The molecule has 0 radical (unpaired) electrons. The van der Waals surface area contributed by atoms with Gasteiger partial charge in [0.15, 0.2) is 8.07 Å². The first-order valence-electron chi connectivity index (χ1n) is 21.8. The van der Waals surface area contributed by atoms with Crippen LogP contribution in [0.5, 0.6) is 0 Å². The standard InChI is InChI=1S/C60H42N2Si/c1-6-20-43(21-7-1)44-36-38-46(39-37-44)61-56-41-40-47(42-54(56)59-51(31-18-34-57(59)61)45-22-8-2-9-23-45)62-55-33-17-16-30-52(55)53-32-19-35-58(60(53)62)63(48-24-10-3-11-25-48,49-26-12-4-13-27-49)50-28-14-5-15-29-50/h1-42H. The summed E-state index contributed by atoms with van der Waals surface area (Å²) >= 11 is 0. The van der Waals surface area contributed by atoms with Crippen molar-refractivity contribution in [3.8, 4) is 33.6 Å². The number of aromatic nitrogens is 2. The first kappa shape index (κ1) is 36.8. The van der Waals surface area contributed by atoms with E-state index in [-0.39, 0.29) is 0 Å². The zero-order chi connectivity index (χ0) is 41.7. The Labute approximate surface area is 368 Å². The van der Waals surface area contributed by atoms with Gasteiger partial charge in [0.1, 0.15) is 0 Å². The third-order valence-electron chi connectivity index (χ3n) is 13.1. The lowest BCUT2D eigenvalue weighted by Crippen LogP contribution is -2.75. The van der Waals surface area contributed by atoms with E-state index in [9.17, 15) is 0 Å². The van der Waals surface area contributed by atoms with Crippen molar-refractivity contribution in [3.05, 3.63) is 255 Å². The van der Waals surface area contributed by atoms with Crippen molar-refractivity contribution >= 4 is 72.4 Å². The van der Waals surface area contributed by atoms with Gasteiger partial charge < -0.3 is 9.13 Å². The Hall–Kier alpha value is -7.98. The largest absolute Gasteiger partial charge is 0.309 e. The Morgan fingerprint density at radius 1 is 0.286 bits per heavy atom. The van der Waals surface area contributed by atoms with Crippen LogP contribution in [0.3, 0.4) is 0 Å². The highest BCUT2D eigenvalue weighted by Gasteiger charge is 2.43. The van der Waals surface area contributed by atoms with E-state index in [2.05, 4.69) is 264 Å². The summed E-state index contributed by atoms with van der Waals surface area (Å²) in [4.78, 5) is 0. The molecule has 0 fully saturated rings. The van der Waals surface area contributed by atoms with E-state index in [0.717, 1.165) is 11.4 Å². The molecule has 2 heterocycles. The van der Waals surface area contributed by atoms with E-state index in [1.54, 1.807) is 0 Å². The summed E-state index contributed by atoms with van der Waals surface area (Å²) in [6.07, 6.45) is 0. The normalized spacial score (nSPS) is 11.8. The van der Waals surface area contributed by atoms with Gasteiger partial charge in [0.25, 0.3) is 0 Å². The molecule has 12 aromatic rings. The first-order valence-corrected chi connectivity index (χ1v) is 23.8. The third kappa shape index (κ3) is 5.85. The summed E-state index contributed by atoms with van der Waals surface area (Å²) in [5, 5.41) is 10.4. The molecule has 0 saturated heterocycles. The highest BCUT2D eigenvalue weighted by atomic mass is 28.3.